The molecule has 0 radical (unpaired) electrons. The Kier molecular flexibility index (Phi) is 4.20. The fraction of sp³-hybridized carbons (Fsp3) is 0.231. The van der Waals surface area contributed by atoms with E-state index in [0.29, 0.717) is 5.56 Å². The maximum atomic E-state index is 12.1. The molecule has 0 saturated heterocycles. The molecule has 1 atom stereocenters. The van der Waals surface area contributed by atoms with Crippen LogP contribution in [0.4, 0.5) is 0 Å². The molecule has 2 aromatic rings. The summed E-state index contributed by atoms with van der Waals surface area (Å²) in [5, 5.41) is 5.43. The zero-order valence-electron chi connectivity index (χ0n) is 11.0. The summed E-state index contributed by atoms with van der Waals surface area (Å²) in [6.07, 6.45) is 2.79. The Labute approximate surface area is 121 Å². The first-order chi connectivity index (χ1) is 9.38. The van der Waals surface area contributed by atoms with Gasteiger partial charge in [-0.25, -0.2) is 13.4 Å². The highest BCUT2D eigenvalue weighted by Gasteiger charge is 2.15. The summed E-state index contributed by atoms with van der Waals surface area (Å²) in [7, 11) is -3.32. The molecular weight excluding hydrogens is 296 g/mol. The van der Waals surface area contributed by atoms with Crippen LogP contribution in [0.25, 0.3) is 0 Å². The number of benzene rings is 1. The van der Waals surface area contributed by atoms with Crippen LogP contribution in [0.2, 0.25) is 0 Å². The molecule has 1 aromatic carbocycles. The molecule has 1 N–H and O–H groups in total. The molecule has 106 valence electrons. The van der Waals surface area contributed by atoms with Crippen molar-refractivity contribution in [2.45, 2.75) is 17.9 Å². The molecule has 1 aromatic heterocycles. The number of thiazole rings is 1. The highest BCUT2D eigenvalue weighted by atomic mass is 32.2. The number of carbonyl (C=O) groups excluding carboxylic acids is 1. The van der Waals surface area contributed by atoms with Crippen LogP contribution < -0.4 is 5.32 Å². The van der Waals surface area contributed by atoms with Crippen molar-refractivity contribution >= 4 is 27.1 Å². The third-order valence-corrected chi connectivity index (χ3v) is 4.76. The average molecular weight is 310 g/mol. The zero-order valence-corrected chi connectivity index (χ0v) is 12.7. The molecule has 1 unspecified atom stereocenters. The SMILES string of the molecule is CC(NC(=O)c1cccc(S(C)(=O)=O)c1)c1nccs1. The molecule has 1 amide bonds. The second-order valence-electron chi connectivity index (χ2n) is 4.37. The van der Waals surface area contributed by atoms with Crippen LogP contribution in [0.15, 0.2) is 40.7 Å². The maximum Gasteiger partial charge on any atom is 0.251 e. The fourth-order valence-corrected chi connectivity index (χ4v) is 2.97. The zero-order chi connectivity index (χ0) is 14.8. The van der Waals surface area contributed by atoms with Gasteiger partial charge < -0.3 is 5.32 Å². The van der Waals surface area contributed by atoms with E-state index >= 15 is 0 Å². The number of carbonyl (C=O) groups is 1. The number of hydrogen-bond acceptors (Lipinski definition) is 5. The van der Waals surface area contributed by atoms with E-state index < -0.39 is 9.84 Å². The van der Waals surface area contributed by atoms with Gasteiger partial charge in [0.05, 0.1) is 10.9 Å². The largest absolute Gasteiger partial charge is 0.343 e. The van der Waals surface area contributed by atoms with E-state index in [2.05, 4.69) is 10.3 Å². The van der Waals surface area contributed by atoms with E-state index in [1.807, 2.05) is 12.3 Å². The van der Waals surface area contributed by atoms with Crippen LogP contribution in [0.3, 0.4) is 0 Å². The van der Waals surface area contributed by atoms with Gasteiger partial charge in [0, 0.05) is 23.4 Å². The normalized spacial score (nSPS) is 12.9. The topological polar surface area (TPSA) is 76.1 Å². The number of amides is 1. The summed E-state index contributed by atoms with van der Waals surface area (Å²) in [5.41, 5.74) is 0.316. The van der Waals surface area contributed by atoms with Crippen molar-refractivity contribution in [2.75, 3.05) is 6.26 Å². The highest BCUT2D eigenvalue weighted by molar-refractivity contribution is 7.90. The molecule has 0 aliphatic heterocycles. The van der Waals surface area contributed by atoms with Gasteiger partial charge in [-0.2, -0.15) is 0 Å². The lowest BCUT2D eigenvalue weighted by Gasteiger charge is -2.11. The van der Waals surface area contributed by atoms with E-state index in [-0.39, 0.29) is 16.8 Å². The Morgan fingerprint density at radius 3 is 2.75 bits per heavy atom. The van der Waals surface area contributed by atoms with Crippen molar-refractivity contribution < 1.29 is 13.2 Å². The number of aromatic nitrogens is 1. The van der Waals surface area contributed by atoms with Crippen LogP contribution in [0, 0.1) is 0 Å². The Bertz CT molecular complexity index is 709. The molecule has 20 heavy (non-hydrogen) atoms. The lowest BCUT2D eigenvalue weighted by molar-refractivity contribution is 0.0939. The van der Waals surface area contributed by atoms with E-state index in [9.17, 15) is 13.2 Å². The third kappa shape index (κ3) is 3.43. The van der Waals surface area contributed by atoms with E-state index in [1.165, 1.54) is 23.5 Å². The Morgan fingerprint density at radius 1 is 1.40 bits per heavy atom. The summed E-state index contributed by atoms with van der Waals surface area (Å²) < 4.78 is 23.0. The summed E-state index contributed by atoms with van der Waals surface area (Å²) in [4.78, 5) is 16.4. The van der Waals surface area contributed by atoms with Gasteiger partial charge in [-0.15, -0.1) is 11.3 Å². The predicted molar refractivity (Wildman–Crippen MR) is 77.5 cm³/mol. The van der Waals surface area contributed by atoms with E-state index in [0.717, 1.165) is 11.3 Å². The van der Waals surface area contributed by atoms with Crippen LogP contribution >= 0.6 is 11.3 Å². The van der Waals surface area contributed by atoms with Crippen molar-refractivity contribution in [1.82, 2.24) is 10.3 Å². The molecular formula is C13H14N2O3S2. The van der Waals surface area contributed by atoms with Crippen molar-refractivity contribution in [2.24, 2.45) is 0 Å². The molecule has 0 aliphatic rings. The molecule has 2 rings (SSSR count). The second kappa shape index (κ2) is 5.72. The summed E-state index contributed by atoms with van der Waals surface area (Å²) in [6.45, 7) is 1.83. The molecule has 0 saturated carbocycles. The molecule has 5 nitrogen and oxygen atoms in total. The van der Waals surface area contributed by atoms with Gasteiger partial charge >= 0.3 is 0 Å². The summed E-state index contributed by atoms with van der Waals surface area (Å²) in [5.74, 6) is -0.321. The smallest absolute Gasteiger partial charge is 0.251 e. The second-order valence-corrected chi connectivity index (χ2v) is 7.31. The fourth-order valence-electron chi connectivity index (χ4n) is 1.66. The minimum atomic E-state index is -3.32. The maximum absolute atomic E-state index is 12.1. The van der Waals surface area contributed by atoms with Gasteiger partial charge in [0.1, 0.15) is 5.01 Å². The molecule has 1 heterocycles. The van der Waals surface area contributed by atoms with Gasteiger partial charge in [-0.1, -0.05) is 6.07 Å². The molecule has 0 spiro atoms. The van der Waals surface area contributed by atoms with Crippen LogP contribution in [0.5, 0.6) is 0 Å². The van der Waals surface area contributed by atoms with E-state index in [1.54, 1.807) is 18.3 Å². The van der Waals surface area contributed by atoms with Crippen LogP contribution in [-0.4, -0.2) is 25.6 Å². The van der Waals surface area contributed by atoms with Crippen molar-refractivity contribution in [3.63, 3.8) is 0 Å². The van der Waals surface area contributed by atoms with Crippen LogP contribution in [-0.2, 0) is 9.84 Å². The lowest BCUT2D eigenvalue weighted by Crippen LogP contribution is -2.26. The van der Waals surface area contributed by atoms with Gasteiger partial charge in [0.2, 0.25) is 0 Å². The van der Waals surface area contributed by atoms with Gasteiger partial charge in [0.25, 0.3) is 5.91 Å². The molecule has 0 aliphatic carbocycles. The molecule has 0 fully saturated rings. The summed E-state index contributed by atoms with van der Waals surface area (Å²) >= 11 is 1.45. The minimum Gasteiger partial charge on any atom is -0.343 e. The highest BCUT2D eigenvalue weighted by Crippen LogP contribution is 2.16. The quantitative estimate of drug-likeness (QED) is 0.937. The van der Waals surface area contributed by atoms with Gasteiger partial charge in [0.15, 0.2) is 9.84 Å². The average Bonchev–Trinajstić information content (AvgIpc) is 2.91. The number of nitrogens with zero attached hydrogens (tertiary/aromatic N) is 1. The van der Waals surface area contributed by atoms with Crippen molar-refractivity contribution in [3.8, 4) is 0 Å². The Balaban J connectivity index is 2.18. The van der Waals surface area contributed by atoms with Crippen molar-refractivity contribution in [1.29, 1.82) is 0 Å². The lowest BCUT2D eigenvalue weighted by atomic mass is 10.2. The first kappa shape index (κ1) is 14.7. The Hall–Kier alpha value is -1.73. The summed E-state index contributed by atoms with van der Waals surface area (Å²) in [6, 6.07) is 5.76. The molecule has 7 heteroatoms. The molecule has 0 bridgehead atoms. The van der Waals surface area contributed by atoms with Crippen molar-refractivity contribution in [3.05, 3.63) is 46.4 Å². The number of rotatable bonds is 4. The van der Waals surface area contributed by atoms with E-state index in [4.69, 9.17) is 0 Å². The standard InChI is InChI=1S/C13H14N2O3S2/c1-9(13-14-6-7-19-13)15-12(16)10-4-3-5-11(8-10)20(2,17)18/h3-9H,1-2H3,(H,15,16). The number of sulfone groups is 1. The monoisotopic (exact) mass is 310 g/mol. The Morgan fingerprint density at radius 2 is 2.15 bits per heavy atom. The predicted octanol–water partition coefficient (Wildman–Crippen LogP) is 2.04. The van der Waals surface area contributed by atoms with Gasteiger partial charge in [-0.3, -0.25) is 4.79 Å². The third-order valence-electron chi connectivity index (χ3n) is 2.69. The minimum absolute atomic E-state index is 0.132. The number of nitrogens with one attached hydrogen (secondary N) is 1. The first-order valence-corrected chi connectivity index (χ1v) is 8.65. The van der Waals surface area contributed by atoms with Gasteiger partial charge in [-0.05, 0) is 25.1 Å². The van der Waals surface area contributed by atoms with Crippen LogP contribution in [0.1, 0.15) is 28.3 Å². The first-order valence-electron chi connectivity index (χ1n) is 5.88. The number of hydrogen-bond donors (Lipinski definition) is 1.